The van der Waals surface area contributed by atoms with Gasteiger partial charge in [-0.15, -0.1) is 0 Å². The molecule has 2 N–H and O–H groups in total. The van der Waals surface area contributed by atoms with Crippen molar-refractivity contribution in [2.75, 3.05) is 17.4 Å². The van der Waals surface area contributed by atoms with Gasteiger partial charge in [-0.1, -0.05) is 0 Å². The van der Waals surface area contributed by atoms with Crippen molar-refractivity contribution >= 4 is 23.1 Å². The molecule has 9 heteroatoms. The second-order valence-electron chi connectivity index (χ2n) is 6.11. The Morgan fingerprint density at radius 2 is 1.57 bits per heavy atom. The Kier molecular flexibility index (Phi) is 4.42. The molecular formula is C19H15F3N4O2. The number of rotatable bonds is 4. The average molecular weight is 388 g/mol. The highest BCUT2D eigenvalue weighted by Crippen LogP contribution is 2.35. The number of nitrogens with zero attached hydrogens (tertiary/aromatic N) is 2. The summed E-state index contributed by atoms with van der Waals surface area (Å²) in [5.74, 6) is 2.11. The smallest absolute Gasteiger partial charge is 0.416 e. The minimum absolute atomic E-state index is 0.187. The highest BCUT2D eigenvalue weighted by Gasteiger charge is 2.29. The molecule has 28 heavy (non-hydrogen) atoms. The quantitative estimate of drug-likeness (QED) is 0.654. The van der Waals surface area contributed by atoms with Crippen LogP contribution in [0, 0.1) is 6.92 Å². The maximum Gasteiger partial charge on any atom is 0.416 e. The maximum absolute atomic E-state index is 12.7. The minimum atomic E-state index is -4.37. The number of aryl methyl sites for hydroxylation is 1. The van der Waals surface area contributed by atoms with Gasteiger partial charge in [0.2, 0.25) is 12.7 Å². The Labute approximate surface area is 158 Å². The van der Waals surface area contributed by atoms with Crippen LogP contribution in [0.15, 0.2) is 48.5 Å². The molecule has 144 valence electrons. The lowest BCUT2D eigenvalue weighted by Crippen LogP contribution is -2.05. The molecule has 3 aromatic rings. The van der Waals surface area contributed by atoms with E-state index >= 15 is 0 Å². The van der Waals surface area contributed by atoms with Crippen LogP contribution in [-0.4, -0.2) is 16.8 Å². The van der Waals surface area contributed by atoms with Crippen molar-refractivity contribution in [2.45, 2.75) is 13.1 Å². The summed E-state index contributed by atoms with van der Waals surface area (Å²) in [7, 11) is 0. The molecule has 1 aliphatic heterocycles. The molecule has 0 bridgehead atoms. The molecule has 0 saturated carbocycles. The summed E-state index contributed by atoms with van der Waals surface area (Å²) in [4.78, 5) is 8.63. The van der Waals surface area contributed by atoms with Crippen LogP contribution in [0.1, 0.15) is 11.3 Å². The van der Waals surface area contributed by atoms with Crippen molar-refractivity contribution in [3.63, 3.8) is 0 Å². The summed E-state index contributed by atoms with van der Waals surface area (Å²) in [5.41, 5.74) is 1.18. The lowest BCUT2D eigenvalue weighted by molar-refractivity contribution is -0.137. The Bertz CT molecular complexity index is 1010. The van der Waals surface area contributed by atoms with E-state index in [1.54, 1.807) is 25.1 Å². The number of nitrogens with one attached hydrogen (secondary N) is 2. The van der Waals surface area contributed by atoms with Crippen molar-refractivity contribution in [3.8, 4) is 11.5 Å². The minimum Gasteiger partial charge on any atom is -0.454 e. The highest BCUT2D eigenvalue weighted by molar-refractivity contribution is 5.63. The molecule has 6 nitrogen and oxygen atoms in total. The molecule has 0 amide bonds. The van der Waals surface area contributed by atoms with E-state index in [1.165, 1.54) is 12.1 Å². The van der Waals surface area contributed by atoms with Crippen LogP contribution < -0.4 is 20.1 Å². The predicted molar refractivity (Wildman–Crippen MR) is 97.3 cm³/mol. The molecule has 0 unspecified atom stereocenters. The fourth-order valence-electron chi connectivity index (χ4n) is 2.68. The molecule has 0 fully saturated rings. The van der Waals surface area contributed by atoms with Crippen LogP contribution in [0.4, 0.5) is 36.3 Å². The SMILES string of the molecule is Cc1cc(Nc2ccc3c(c2)OCO3)nc(Nc2ccc(C(F)(F)F)cc2)n1. The van der Waals surface area contributed by atoms with Gasteiger partial charge in [0.1, 0.15) is 5.82 Å². The fourth-order valence-corrected chi connectivity index (χ4v) is 2.68. The molecule has 0 aliphatic carbocycles. The average Bonchev–Trinajstić information content (AvgIpc) is 3.08. The van der Waals surface area contributed by atoms with Crippen molar-refractivity contribution in [1.29, 1.82) is 0 Å². The first-order valence-corrected chi connectivity index (χ1v) is 8.33. The first kappa shape index (κ1) is 17.9. The van der Waals surface area contributed by atoms with E-state index in [2.05, 4.69) is 20.6 Å². The van der Waals surface area contributed by atoms with Crippen molar-refractivity contribution in [3.05, 3.63) is 59.8 Å². The van der Waals surface area contributed by atoms with E-state index in [1.807, 2.05) is 6.07 Å². The summed E-state index contributed by atoms with van der Waals surface area (Å²) in [6, 6.07) is 11.8. The number of anilines is 4. The predicted octanol–water partition coefficient (Wildman–Crippen LogP) is 5.02. The van der Waals surface area contributed by atoms with Gasteiger partial charge < -0.3 is 20.1 Å². The summed E-state index contributed by atoms with van der Waals surface area (Å²) in [6.07, 6.45) is -4.37. The molecule has 4 rings (SSSR count). The lowest BCUT2D eigenvalue weighted by Gasteiger charge is -2.11. The Balaban J connectivity index is 1.52. The number of aromatic nitrogens is 2. The molecule has 1 aromatic heterocycles. The Morgan fingerprint density at radius 1 is 0.857 bits per heavy atom. The number of alkyl halides is 3. The maximum atomic E-state index is 12.7. The van der Waals surface area contributed by atoms with Gasteiger partial charge >= 0.3 is 6.18 Å². The lowest BCUT2D eigenvalue weighted by atomic mass is 10.2. The Morgan fingerprint density at radius 3 is 2.32 bits per heavy atom. The molecule has 0 saturated heterocycles. The van der Waals surface area contributed by atoms with Gasteiger partial charge in [-0.2, -0.15) is 18.2 Å². The molecule has 2 heterocycles. The number of hydrogen-bond donors (Lipinski definition) is 2. The van der Waals surface area contributed by atoms with Gasteiger partial charge in [-0.05, 0) is 43.3 Å². The van der Waals surface area contributed by atoms with E-state index in [-0.39, 0.29) is 12.7 Å². The van der Waals surface area contributed by atoms with Crippen LogP contribution in [-0.2, 0) is 6.18 Å². The largest absolute Gasteiger partial charge is 0.454 e. The first-order valence-electron chi connectivity index (χ1n) is 8.33. The summed E-state index contributed by atoms with van der Waals surface area (Å²) >= 11 is 0. The van der Waals surface area contributed by atoms with Crippen molar-refractivity contribution in [1.82, 2.24) is 9.97 Å². The van der Waals surface area contributed by atoms with Gasteiger partial charge in [0.25, 0.3) is 0 Å². The van der Waals surface area contributed by atoms with Crippen molar-refractivity contribution in [2.24, 2.45) is 0 Å². The molecule has 0 atom stereocenters. The van der Waals surface area contributed by atoms with E-state index in [9.17, 15) is 13.2 Å². The number of halogens is 3. The molecule has 2 aromatic carbocycles. The summed E-state index contributed by atoms with van der Waals surface area (Å²) < 4.78 is 48.6. The standard InChI is InChI=1S/C19H15F3N4O2/c1-11-8-17(24-14-6-7-15-16(9-14)28-10-27-15)26-18(23-11)25-13-4-2-12(3-5-13)19(20,21)22/h2-9H,10H2,1H3,(H2,23,24,25,26). The van der Waals surface area contributed by atoms with E-state index in [0.717, 1.165) is 17.8 Å². The molecule has 0 radical (unpaired) electrons. The van der Waals surface area contributed by atoms with Gasteiger partial charge in [-0.3, -0.25) is 0 Å². The molecule has 1 aliphatic rings. The third kappa shape index (κ3) is 3.93. The van der Waals surface area contributed by atoms with Crippen LogP contribution in [0.2, 0.25) is 0 Å². The monoisotopic (exact) mass is 388 g/mol. The topological polar surface area (TPSA) is 68.3 Å². The van der Waals surface area contributed by atoms with Crippen LogP contribution in [0.3, 0.4) is 0 Å². The van der Waals surface area contributed by atoms with Gasteiger partial charge in [0, 0.05) is 29.2 Å². The van der Waals surface area contributed by atoms with Crippen LogP contribution in [0.25, 0.3) is 0 Å². The second kappa shape index (κ2) is 6.91. The summed E-state index contributed by atoms with van der Waals surface area (Å²) in [6.45, 7) is 1.98. The fraction of sp³-hybridized carbons (Fsp3) is 0.158. The highest BCUT2D eigenvalue weighted by atomic mass is 19.4. The van der Waals surface area contributed by atoms with E-state index in [0.29, 0.717) is 28.7 Å². The zero-order valence-corrected chi connectivity index (χ0v) is 14.7. The first-order chi connectivity index (χ1) is 13.4. The molecular weight excluding hydrogens is 373 g/mol. The Hall–Kier alpha value is -3.49. The number of fused-ring (bicyclic) bond motifs is 1. The van der Waals surface area contributed by atoms with Crippen molar-refractivity contribution < 1.29 is 22.6 Å². The zero-order valence-electron chi connectivity index (χ0n) is 14.7. The second-order valence-corrected chi connectivity index (χ2v) is 6.11. The number of hydrogen-bond acceptors (Lipinski definition) is 6. The number of ether oxygens (including phenoxy) is 2. The van der Waals surface area contributed by atoms with Gasteiger partial charge in [-0.25, -0.2) is 4.98 Å². The third-order valence-electron chi connectivity index (χ3n) is 3.97. The molecule has 0 spiro atoms. The third-order valence-corrected chi connectivity index (χ3v) is 3.97. The van der Waals surface area contributed by atoms with E-state index < -0.39 is 11.7 Å². The normalized spacial score (nSPS) is 12.7. The van der Waals surface area contributed by atoms with Gasteiger partial charge in [0.15, 0.2) is 11.5 Å². The van der Waals surface area contributed by atoms with Gasteiger partial charge in [0.05, 0.1) is 5.56 Å². The number of benzene rings is 2. The van der Waals surface area contributed by atoms with E-state index in [4.69, 9.17) is 9.47 Å². The van der Waals surface area contributed by atoms with Crippen LogP contribution in [0.5, 0.6) is 11.5 Å². The summed E-state index contributed by atoms with van der Waals surface area (Å²) in [5, 5.41) is 6.07. The zero-order chi connectivity index (χ0) is 19.7. The van der Waals surface area contributed by atoms with Crippen LogP contribution >= 0.6 is 0 Å².